The monoisotopic (exact) mass is 382 g/mol. The Hall–Kier alpha value is -2.50. The summed E-state index contributed by atoms with van der Waals surface area (Å²) in [5, 5.41) is 6.73. The van der Waals surface area contributed by atoms with Crippen molar-refractivity contribution in [3.05, 3.63) is 29.8 Å². The van der Waals surface area contributed by atoms with Gasteiger partial charge in [-0.15, -0.1) is 0 Å². The second-order valence-electron chi connectivity index (χ2n) is 9.11. The first-order chi connectivity index (χ1) is 13.1. The Bertz CT molecular complexity index is 886. The molecule has 2 saturated carbocycles. The van der Waals surface area contributed by atoms with E-state index >= 15 is 0 Å². The number of hydrogen-bond donors (Lipinski definition) is 1. The van der Waals surface area contributed by atoms with Gasteiger partial charge in [0.05, 0.1) is 11.6 Å². The molecule has 2 aliphatic carbocycles. The summed E-state index contributed by atoms with van der Waals surface area (Å²) in [6.07, 6.45) is 2.27. The van der Waals surface area contributed by atoms with Gasteiger partial charge in [0.2, 0.25) is 5.91 Å². The van der Waals surface area contributed by atoms with E-state index in [9.17, 15) is 14.4 Å². The molecule has 2 fully saturated rings. The number of oxime groups is 1. The van der Waals surface area contributed by atoms with E-state index in [1.807, 2.05) is 12.1 Å². The van der Waals surface area contributed by atoms with Crippen LogP contribution in [0, 0.1) is 28.6 Å². The van der Waals surface area contributed by atoms with Gasteiger partial charge in [-0.05, 0) is 41.9 Å². The highest BCUT2D eigenvalue weighted by Gasteiger charge is 2.68. The number of rotatable bonds is 3. The topological polar surface area (TPSA) is 84.8 Å². The van der Waals surface area contributed by atoms with Crippen molar-refractivity contribution in [3.63, 3.8) is 0 Å². The van der Waals surface area contributed by atoms with E-state index in [0.717, 1.165) is 18.4 Å². The van der Waals surface area contributed by atoms with E-state index in [-0.39, 0.29) is 34.4 Å². The van der Waals surface area contributed by atoms with Crippen LogP contribution in [0.2, 0.25) is 0 Å². The molecule has 1 aromatic rings. The average Bonchev–Trinajstić information content (AvgIpc) is 2.95. The molecule has 6 nitrogen and oxygen atoms in total. The molecule has 0 radical (unpaired) electrons. The number of nitrogens with one attached hydrogen (secondary N) is 1. The predicted octanol–water partition coefficient (Wildman–Crippen LogP) is 3.55. The molecular weight excluding hydrogens is 356 g/mol. The Balaban J connectivity index is 1.58. The zero-order chi connectivity index (χ0) is 20.3. The fourth-order valence-corrected chi connectivity index (χ4v) is 5.51. The van der Waals surface area contributed by atoms with E-state index < -0.39 is 11.9 Å². The second-order valence-corrected chi connectivity index (χ2v) is 9.11. The van der Waals surface area contributed by atoms with Crippen LogP contribution in [-0.4, -0.2) is 23.4 Å². The fourth-order valence-electron chi connectivity index (χ4n) is 5.51. The first kappa shape index (κ1) is 18.8. The highest BCUT2D eigenvalue weighted by Crippen LogP contribution is 2.67. The molecule has 1 aliphatic heterocycles. The minimum absolute atomic E-state index is 0.107. The van der Waals surface area contributed by atoms with E-state index in [0.29, 0.717) is 17.8 Å². The summed E-state index contributed by atoms with van der Waals surface area (Å²) in [5.41, 5.74) is 1.71. The molecule has 4 atom stereocenters. The molecule has 2 bridgehead atoms. The zero-order valence-electron chi connectivity index (χ0n) is 16.7. The Kier molecular flexibility index (Phi) is 4.21. The van der Waals surface area contributed by atoms with Gasteiger partial charge in [0.1, 0.15) is 5.78 Å². The molecule has 1 amide bonds. The van der Waals surface area contributed by atoms with Crippen molar-refractivity contribution in [2.45, 2.75) is 47.0 Å². The van der Waals surface area contributed by atoms with E-state index in [1.54, 1.807) is 12.1 Å². The molecule has 28 heavy (non-hydrogen) atoms. The van der Waals surface area contributed by atoms with Gasteiger partial charge in [0, 0.05) is 30.4 Å². The van der Waals surface area contributed by atoms with Crippen molar-refractivity contribution in [2.75, 3.05) is 5.32 Å². The predicted molar refractivity (Wildman–Crippen MR) is 105 cm³/mol. The van der Waals surface area contributed by atoms with Crippen LogP contribution in [0.25, 0.3) is 0 Å². The third kappa shape index (κ3) is 2.61. The lowest BCUT2D eigenvalue weighted by Gasteiger charge is -2.32. The van der Waals surface area contributed by atoms with Crippen LogP contribution in [0.3, 0.4) is 0 Å². The maximum atomic E-state index is 13.3. The number of nitrogens with zero attached hydrogens (tertiary/aromatic N) is 1. The van der Waals surface area contributed by atoms with Crippen LogP contribution in [0.1, 0.15) is 52.5 Å². The fraction of sp³-hybridized carbons (Fsp3) is 0.545. The number of amides is 1. The Morgan fingerprint density at radius 3 is 2.43 bits per heavy atom. The summed E-state index contributed by atoms with van der Waals surface area (Å²) in [6.45, 7) is 7.83. The van der Waals surface area contributed by atoms with E-state index in [4.69, 9.17) is 4.84 Å². The number of ketones is 1. The first-order valence-electron chi connectivity index (χ1n) is 9.85. The van der Waals surface area contributed by atoms with Crippen LogP contribution in [0.5, 0.6) is 0 Å². The standard InChI is InChI=1S/C22H26N2O4/c1-12(25)23-14-7-5-13(6-8-14)17-11-15(20(27)28-24-17)18-16-9-10-22(4,19(18)26)21(16,2)3/h5-8,15-16,18H,9-11H2,1-4H3,(H,23,25)/t15-,16?,18?,22?/m1/s1. The highest BCUT2D eigenvalue weighted by atomic mass is 16.7. The van der Waals surface area contributed by atoms with Crippen molar-refractivity contribution in [1.82, 2.24) is 0 Å². The molecule has 1 N–H and O–H groups in total. The van der Waals surface area contributed by atoms with Gasteiger partial charge in [-0.3, -0.25) is 9.59 Å². The van der Waals surface area contributed by atoms with Crippen molar-refractivity contribution in [1.29, 1.82) is 0 Å². The molecule has 1 heterocycles. The van der Waals surface area contributed by atoms with Gasteiger partial charge in [0.15, 0.2) is 0 Å². The van der Waals surface area contributed by atoms with Crippen molar-refractivity contribution < 1.29 is 19.2 Å². The van der Waals surface area contributed by atoms with Crippen LogP contribution in [0.15, 0.2) is 29.4 Å². The lowest BCUT2D eigenvalue weighted by Crippen LogP contribution is -2.40. The quantitative estimate of drug-likeness (QED) is 0.810. The Labute approximate surface area is 164 Å². The molecule has 3 aliphatic rings. The molecule has 0 spiro atoms. The van der Waals surface area contributed by atoms with Crippen molar-refractivity contribution in [2.24, 2.45) is 33.7 Å². The maximum absolute atomic E-state index is 13.3. The van der Waals surface area contributed by atoms with E-state index in [1.165, 1.54) is 6.92 Å². The number of benzene rings is 1. The van der Waals surface area contributed by atoms with Crippen molar-refractivity contribution >= 4 is 29.1 Å². The number of carbonyl (C=O) groups excluding carboxylic acids is 3. The molecule has 1 aromatic carbocycles. The van der Waals surface area contributed by atoms with Gasteiger partial charge in [-0.2, -0.15) is 0 Å². The van der Waals surface area contributed by atoms with Crippen LogP contribution >= 0.6 is 0 Å². The Morgan fingerprint density at radius 1 is 1.18 bits per heavy atom. The summed E-state index contributed by atoms with van der Waals surface area (Å²) >= 11 is 0. The summed E-state index contributed by atoms with van der Waals surface area (Å²) in [4.78, 5) is 42.1. The third-order valence-electron chi connectivity index (χ3n) is 7.52. The molecule has 0 saturated heterocycles. The lowest BCUT2D eigenvalue weighted by molar-refractivity contribution is -0.155. The highest BCUT2D eigenvalue weighted by molar-refractivity contribution is 6.05. The van der Waals surface area contributed by atoms with Gasteiger partial charge in [-0.1, -0.05) is 38.1 Å². The third-order valence-corrected chi connectivity index (χ3v) is 7.52. The summed E-state index contributed by atoms with van der Waals surface area (Å²) in [7, 11) is 0. The first-order valence-corrected chi connectivity index (χ1v) is 9.85. The summed E-state index contributed by atoms with van der Waals surface area (Å²) in [6, 6.07) is 7.26. The molecule has 6 heteroatoms. The maximum Gasteiger partial charge on any atom is 0.339 e. The lowest BCUT2D eigenvalue weighted by atomic mass is 9.70. The average molecular weight is 382 g/mol. The minimum atomic E-state index is -0.485. The smallest absolute Gasteiger partial charge is 0.326 e. The summed E-state index contributed by atoms with van der Waals surface area (Å²) < 4.78 is 0. The normalized spacial score (nSPS) is 33.4. The van der Waals surface area contributed by atoms with Gasteiger partial charge < -0.3 is 10.2 Å². The number of anilines is 1. The molecule has 148 valence electrons. The minimum Gasteiger partial charge on any atom is -0.326 e. The number of hydrogen-bond acceptors (Lipinski definition) is 5. The second kappa shape index (κ2) is 6.26. The summed E-state index contributed by atoms with van der Waals surface area (Å²) in [5.74, 6) is -0.916. The van der Waals surface area contributed by atoms with Crippen LogP contribution < -0.4 is 5.32 Å². The number of carbonyl (C=O) groups is 3. The molecule has 3 unspecified atom stereocenters. The van der Waals surface area contributed by atoms with Crippen LogP contribution in [-0.2, 0) is 19.2 Å². The SMILES string of the molecule is CC(=O)Nc1ccc(C2=NOC(=O)[C@@H](C3C(=O)C4(C)CCC3C4(C)C)C2)cc1. The van der Waals surface area contributed by atoms with Crippen molar-refractivity contribution in [3.8, 4) is 0 Å². The number of fused-ring (bicyclic) bond motifs is 2. The number of Topliss-reactive ketones (excluding diaryl/α,β-unsaturated/α-hetero) is 1. The largest absolute Gasteiger partial charge is 0.339 e. The zero-order valence-corrected chi connectivity index (χ0v) is 16.7. The van der Waals surface area contributed by atoms with Gasteiger partial charge in [0.25, 0.3) is 0 Å². The van der Waals surface area contributed by atoms with Gasteiger partial charge in [-0.25, -0.2) is 4.79 Å². The van der Waals surface area contributed by atoms with Gasteiger partial charge >= 0.3 is 5.97 Å². The Morgan fingerprint density at radius 2 is 1.86 bits per heavy atom. The van der Waals surface area contributed by atoms with Crippen LogP contribution in [0.4, 0.5) is 5.69 Å². The molecule has 0 aromatic heterocycles. The molecular formula is C22H26N2O4. The van der Waals surface area contributed by atoms with E-state index in [2.05, 4.69) is 31.2 Å². The molecule has 4 rings (SSSR count).